The molecule has 0 unspecified atom stereocenters. The minimum Gasteiger partial charge on any atom is -0.465 e. The van der Waals surface area contributed by atoms with Gasteiger partial charge in [-0.1, -0.05) is 29.3 Å². The number of hydrogen-bond acceptors (Lipinski definition) is 2. The first-order valence-electron chi connectivity index (χ1n) is 6.60. The second-order valence-electron chi connectivity index (χ2n) is 4.92. The Bertz CT molecular complexity index is 962. The number of H-pyrrole nitrogens is 1. The number of aromatic nitrogens is 2. The summed E-state index contributed by atoms with van der Waals surface area (Å²) in [5, 5.41) is 15.1. The first-order chi connectivity index (χ1) is 10.9. The van der Waals surface area contributed by atoms with E-state index in [2.05, 4.69) is 10.4 Å². The van der Waals surface area contributed by atoms with E-state index in [0.717, 1.165) is 5.56 Å². The summed E-state index contributed by atoms with van der Waals surface area (Å²) in [6.07, 6.45) is -1.19. The van der Waals surface area contributed by atoms with Gasteiger partial charge in [0.2, 0.25) is 0 Å². The van der Waals surface area contributed by atoms with Crippen molar-refractivity contribution in [3.63, 3.8) is 0 Å². The quantitative estimate of drug-likeness (QED) is 0.671. The van der Waals surface area contributed by atoms with Gasteiger partial charge in [0.05, 0.1) is 17.4 Å². The first-order valence-corrected chi connectivity index (χ1v) is 7.36. The van der Waals surface area contributed by atoms with Crippen molar-refractivity contribution in [3.8, 4) is 0 Å². The summed E-state index contributed by atoms with van der Waals surface area (Å²) in [5.41, 5.74) is 1.48. The maximum Gasteiger partial charge on any atom is 0.409 e. The van der Waals surface area contributed by atoms with Crippen LogP contribution in [-0.4, -0.2) is 21.0 Å². The third-order valence-corrected chi connectivity index (χ3v) is 3.95. The van der Waals surface area contributed by atoms with Crippen molar-refractivity contribution in [2.45, 2.75) is 6.54 Å². The fourth-order valence-electron chi connectivity index (χ4n) is 2.34. The number of rotatable bonds is 3. The molecule has 1 heterocycles. The number of nitrogens with one attached hydrogen (secondary N) is 2. The number of benzene rings is 2. The molecule has 3 aromatic rings. The molecule has 0 fully saturated rings. The molecule has 0 aliphatic heterocycles. The highest BCUT2D eigenvalue weighted by molar-refractivity contribution is 6.35. The van der Waals surface area contributed by atoms with E-state index in [1.54, 1.807) is 35.0 Å². The molecule has 23 heavy (non-hydrogen) atoms. The average Bonchev–Trinajstić information content (AvgIpc) is 2.77. The van der Waals surface area contributed by atoms with Crippen molar-refractivity contribution in [2.75, 3.05) is 5.32 Å². The number of fused-ring (bicyclic) bond motifs is 1. The number of nitrogens with zero attached hydrogens (tertiary/aromatic N) is 1. The molecule has 0 radical (unpaired) electrons. The fraction of sp³-hybridized carbons (Fsp3) is 0.0667. The molecule has 0 saturated carbocycles. The monoisotopic (exact) mass is 351 g/mol. The molecule has 118 valence electrons. The number of carboxylic acid groups (broad SMARTS) is 1. The maximum absolute atomic E-state index is 12.1. The Morgan fingerprint density at radius 2 is 2.00 bits per heavy atom. The molecular weight excluding hydrogens is 341 g/mol. The molecule has 0 aliphatic rings. The molecule has 3 rings (SSSR count). The molecule has 0 aliphatic carbocycles. The lowest BCUT2D eigenvalue weighted by molar-refractivity contribution is 0.210. The Morgan fingerprint density at radius 3 is 2.70 bits per heavy atom. The van der Waals surface area contributed by atoms with Crippen molar-refractivity contribution >= 4 is 45.9 Å². The van der Waals surface area contributed by atoms with Crippen molar-refractivity contribution in [3.05, 3.63) is 62.4 Å². The fourth-order valence-corrected chi connectivity index (χ4v) is 2.81. The number of halogens is 2. The van der Waals surface area contributed by atoms with Gasteiger partial charge in [-0.25, -0.2) is 4.79 Å². The minimum absolute atomic E-state index is 0.306. The normalized spacial score (nSPS) is 10.9. The van der Waals surface area contributed by atoms with E-state index >= 15 is 0 Å². The van der Waals surface area contributed by atoms with Gasteiger partial charge in [0.15, 0.2) is 0 Å². The van der Waals surface area contributed by atoms with Crippen LogP contribution in [0.1, 0.15) is 5.56 Å². The SMILES string of the molecule is O=C(O)Nc1ccc2c(c1)c(=O)[nH]n2Cc1ccc(Cl)cc1Cl. The standard InChI is InChI=1S/C15H11Cl2N3O3/c16-9-2-1-8(12(17)5-9)7-20-13-4-3-10(18-15(22)23)6-11(13)14(21)19-20/h1-6,18H,7H2,(H,19,21)(H,22,23). The molecule has 0 bridgehead atoms. The first kappa shape index (κ1) is 15.5. The Labute approximate surface area is 140 Å². The molecular formula is C15H11Cl2N3O3. The second kappa shape index (κ2) is 5.98. The Kier molecular flexibility index (Phi) is 4.02. The van der Waals surface area contributed by atoms with Crippen LogP contribution in [0.15, 0.2) is 41.2 Å². The predicted octanol–water partition coefficient (Wildman–Crippen LogP) is 3.77. The summed E-state index contributed by atoms with van der Waals surface area (Å²) in [6, 6.07) is 9.89. The zero-order valence-electron chi connectivity index (χ0n) is 11.6. The summed E-state index contributed by atoms with van der Waals surface area (Å²) in [6.45, 7) is 0.362. The Balaban J connectivity index is 2.02. The summed E-state index contributed by atoms with van der Waals surface area (Å²) in [4.78, 5) is 22.7. The van der Waals surface area contributed by atoms with Crippen LogP contribution in [-0.2, 0) is 6.54 Å². The van der Waals surface area contributed by atoms with Crippen LogP contribution in [0.2, 0.25) is 10.0 Å². The van der Waals surface area contributed by atoms with E-state index in [9.17, 15) is 9.59 Å². The number of anilines is 1. The van der Waals surface area contributed by atoms with Gasteiger partial charge in [-0.2, -0.15) is 0 Å². The van der Waals surface area contributed by atoms with Gasteiger partial charge < -0.3 is 5.11 Å². The van der Waals surface area contributed by atoms with Crippen LogP contribution in [0.25, 0.3) is 10.9 Å². The highest BCUT2D eigenvalue weighted by atomic mass is 35.5. The number of aromatic amines is 1. The lowest BCUT2D eigenvalue weighted by Crippen LogP contribution is -2.07. The van der Waals surface area contributed by atoms with E-state index in [1.807, 2.05) is 0 Å². The van der Waals surface area contributed by atoms with E-state index in [1.165, 1.54) is 6.07 Å². The summed E-state index contributed by atoms with van der Waals surface area (Å²) < 4.78 is 1.65. The van der Waals surface area contributed by atoms with Crippen LogP contribution in [0.3, 0.4) is 0 Å². The van der Waals surface area contributed by atoms with Gasteiger partial charge in [0, 0.05) is 15.7 Å². The summed E-state index contributed by atoms with van der Waals surface area (Å²) in [5.74, 6) is 0. The van der Waals surface area contributed by atoms with Gasteiger partial charge in [-0.05, 0) is 35.9 Å². The van der Waals surface area contributed by atoms with Gasteiger partial charge in [-0.3, -0.25) is 19.9 Å². The number of hydrogen-bond donors (Lipinski definition) is 3. The third kappa shape index (κ3) is 3.18. The van der Waals surface area contributed by atoms with Crippen molar-refractivity contribution in [2.24, 2.45) is 0 Å². The number of carbonyl (C=O) groups is 1. The lowest BCUT2D eigenvalue weighted by atomic mass is 10.2. The van der Waals surface area contributed by atoms with E-state index < -0.39 is 6.09 Å². The molecule has 1 amide bonds. The molecule has 0 atom stereocenters. The molecule has 3 N–H and O–H groups in total. The van der Waals surface area contributed by atoms with Gasteiger partial charge >= 0.3 is 6.09 Å². The third-order valence-electron chi connectivity index (χ3n) is 3.36. The van der Waals surface area contributed by atoms with Gasteiger partial charge in [-0.15, -0.1) is 0 Å². The predicted molar refractivity (Wildman–Crippen MR) is 89.8 cm³/mol. The lowest BCUT2D eigenvalue weighted by Gasteiger charge is -2.08. The van der Waals surface area contributed by atoms with Crippen molar-refractivity contribution in [1.82, 2.24) is 9.78 Å². The largest absolute Gasteiger partial charge is 0.465 e. The van der Waals surface area contributed by atoms with Crippen LogP contribution in [0, 0.1) is 0 Å². The highest BCUT2D eigenvalue weighted by Gasteiger charge is 2.10. The van der Waals surface area contributed by atoms with Gasteiger partial charge in [0.1, 0.15) is 0 Å². The van der Waals surface area contributed by atoms with Crippen LogP contribution < -0.4 is 10.9 Å². The minimum atomic E-state index is -1.19. The van der Waals surface area contributed by atoms with Crippen molar-refractivity contribution < 1.29 is 9.90 Å². The molecule has 0 saturated heterocycles. The van der Waals surface area contributed by atoms with E-state index in [-0.39, 0.29) is 5.56 Å². The smallest absolute Gasteiger partial charge is 0.409 e. The van der Waals surface area contributed by atoms with Crippen molar-refractivity contribution in [1.29, 1.82) is 0 Å². The van der Waals surface area contributed by atoms with Crippen LogP contribution in [0.4, 0.5) is 10.5 Å². The molecule has 6 nitrogen and oxygen atoms in total. The maximum atomic E-state index is 12.1. The van der Waals surface area contributed by atoms with Crippen LogP contribution in [0.5, 0.6) is 0 Å². The molecule has 2 aromatic carbocycles. The van der Waals surface area contributed by atoms with Crippen LogP contribution >= 0.6 is 23.2 Å². The Morgan fingerprint density at radius 1 is 1.22 bits per heavy atom. The molecule has 0 spiro atoms. The number of amides is 1. The van der Waals surface area contributed by atoms with E-state index in [4.69, 9.17) is 28.3 Å². The second-order valence-corrected chi connectivity index (χ2v) is 5.77. The summed E-state index contributed by atoms with van der Waals surface area (Å²) >= 11 is 12.0. The zero-order valence-corrected chi connectivity index (χ0v) is 13.1. The van der Waals surface area contributed by atoms with E-state index in [0.29, 0.717) is 33.2 Å². The molecule has 1 aromatic heterocycles. The topological polar surface area (TPSA) is 87.1 Å². The summed E-state index contributed by atoms with van der Waals surface area (Å²) in [7, 11) is 0. The van der Waals surface area contributed by atoms with Gasteiger partial charge in [0.25, 0.3) is 5.56 Å². The highest BCUT2D eigenvalue weighted by Crippen LogP contribution is 2.23. The zero-order chi connectivity index (χ0) is 16.6. The molecule has 8 heteroatoms. The Hall–Kier alpha value is -2.44. The average molecular weight is 352 g/mol.